The Hall–Kier alpha value is -3.75. The summed E-state index contributed by atoms with van der Waals surface area (Å²) in [5, 5.41) is 0.454. The number of hydrogen-bond acceptors (Lipinski definition) is 4. The molecule has 0 radical (unpaired) electrons. The minimum Gasteiger partial charge on any atom is -0.329 e. The Labute approximate surface area is 180 Å². The van der Waals surface area contributed by atoms with E-state index in [0.717, 1.165) is 46.5 Å². The van der Waals surface area contributed by atoms with Gasteiger partial charge in [0.15, 0.2) is 0 Å². The lowest BCUT2D eigenvalue weighted by Crippen LogP contribution is -2.45. The molecule has 0 saturated carbocycles. The van der Waals surface area contributed by atoms with Gasteiger partial charge in [0, 0.05) is 23.5 Å². The Morgan fingerprint density at radius 1 is 1.00 bits per heavy atom. The number of nitrogens with zero attached hydrogens (tertiary/aromatic N) is 2. The van der Waals surface area contributed by atoms with Gasteiger partial charge >= 0.3 is 12.1 Å². The van der Waals surface area contributed by atoms with Crippen LogP contribution in [0.2, 0.25) is 0 Å². The van der Waals surface area contributed by atoms with Gasteiger partial charge < -0.3 is 4.84 Å². The Bertz CT molecular complexity index is 1150. The average Bonchev–Trinajstić information content (AvgIpc) is 3.21. The molecule has 4 rings (SSSR count). The molecule has 2 aromatic carbocycles. The molecule has 0 spiro atoms. The first-order chi connectivity index (χ1) is 15.2. The van der Waals surface area contributed by atoms with Crippen LogP contribution >= 0.6 is 0 Å². The van der Waals surface area contributed by atoms with Crippen LogP contribution in [0.5, 0.6) is 0 Å². The molecule has 0 saturated heterocycles. The van der Waals surface area contributed by atoms with Gasteiger partial charge in [0.2, 0.25) is 0 Å². The van der Waals surface area contributed by atoms with Gasteiger partial charge in [0.1, 0.15) is 5.82 Å². The summed E-state index contributed by atoms with van der Waals surface area (Å²) in [5.41, 5.74) is 3.18. The Balaban J connectivity index is 1.67. The fourth-order valence-electron chi connectivity index (χ4n) is 3.73. The summed E-state index contributed by atoms with van der Waals surface area (Å²) in [7, 11) is 0. The first kappa shape index (κ1) is 21.5. The van der Waals surface area contributed by atoms with Crippen molar-refractivity contribution in [1.29, 1.82) is 0 Å². The molecule has 0 bridgehead atoms. The van der Waals surface area contributed by atoms with Crippen molar-refractivity contribution in [2.75, 3.05) is 0 Å². The van der Waals surface area contributed by atoms with Crippen LogP contribution in [0.15, 0.2) is 67.0 Å². The fourth-order valence-corrected chi connectivity index (χ4v) is 3.73. The van der Waals surface area contributed by atoms with Crippen LogP contribution in [-0.4, -0.2) is 34.1 Å². The lowest BCUT2D eigenvalue weighted by Gasteiger charge is -2.27. The number of amides is 1. The highest BCUT2D eigenvalue weighted by Gasteiger charge is 2.45. The second-order valence-electron chi connectivity index (χ2n) is 7.26. The Morgan fingerprint density at radius 2 is 1.75 bits per heavy atom. The molecule has 1 aromatic heterocycles. The summed E-state index contributed by atoms with van der Waals surface area (Å²) < 4.78 is 51.9. The number of fused-ring (bicyclic) bond motifs is 1. The van der Waals surface area contributed by atoms with Crippen molar-refractivity contribution in [2.45, 2.75) is 25.1 Å². The monoisotopic (exact) mass is 444 g/mol. The number of aromatic nitrogens is 1. The molecule has 1 amide bonds. The molecule has 1 heterocycles. The van der Waals surface area contributed by atoms with Crippen molar-refractivity contribution in [3.05, 3.63) is 89.5 Å². The van der Waals surface area contributed by atoms with Gasteiger partial charge in [-0.1, -0.05) is 24.3 Å². The van der Waals surface area contributed by atoms with E-state index >= 15 is 0 Å². The third-order valence-corrected chi connectivity index (χ3v) is 5.18. The number of rotatable bonds is 3. The van der Waals surface area contributed by atoms with Gasteiger partial charge in [0.05, 0.1) is 6.04 Å². The molecule has 1 aliphatic carbocycles. The van der Waals surface area contributed by atoms with E-state index in [1.165, 1.54) is 0 Å². The van der Waals surface area contributed by atoms with Crippen molar-refractivity contribution in [1.82, 2.24) is 10.0 Å². The van der Waals surface area contributed by atoms with Crippen molar-refractivity contribution < 1.29 is 32.0 Å². The summed E-state index contributed by atoms with van der Waals surface area (Å²) in [6.45, 7) is 0. The van der Waals surface area contributed by atoms with Crippen LogP contribution in [0.3, 0.4) is 0 Å². The number of carbonyl (C=O) groups is 2. The third kappa shape index (κ3) is 4.32. The van der Waals surface area contributed by atoms with Crippen LogP contribution in [0, 0.1) is 5.82 Å². The lowest BCUT2D eigenvalue weighted by atomic mass is 9.98. The van der Waals surface area contributed by atoms with Crippen LogP contribution < -0.4 is 0 Å². The predicted molar refractivity (Wildman–Crippen MR) is 106 cm³/mol. The number of halogens is 4. The largest absolute Gasteiger partial charge is 0.493 e. The summed E-state index contributed by atoms with van der Waals surface area (Å²) >= 11 is 0. The average molecular weight is 444 g/mol. The molecule has 0 fully saturated rings. The van der Waals surface area contributed by atoms with Crippen LogP contribution in [0.1, 0.15) is 21.5 Å². The Kier molecular flexibility index (Phi) is 5.65. The number of carbonyl (C=O) groups excluding carboxylic acids is 2. The fraction of sp³-hybridized carbons (Fsp3) is 0.174. The minimum absolute atomic E-state index is 0.107. The number of alkyl halides is 3. The molecule has 0 N–H and O–H groups in total. The molecule has 32 heavy (non-hydrogen) atoms. The summed E-state index contributed by atoms with van der Waals surface area (Å²) in [6, 6.07) is 12.4. The molecule has 0 aliphatic heterocycles. The number of pyridine rings is 1. The number of hydrogen-bond donors (Lipinski definition) is 0. The van der Waals surface area contributed by atoms with Gasteiger partial charge in [0.25, 0.3) is 5.91 Å². The highest BCUT2D eigenvalue weighted by Crippen LogP contribution is 2.35. The molecule has 164 valence electrons. The van der Waals surface area contributed by atoms with E-state index in [2.05, 4.69) is 9.82 Å². The van der Waals surface area contributed by atoms with Gasteiger partial charge in [-0.2, -0.15) is 18.2 Å². The summed E-state index contributed by atoms with van der Waals surface area (Å²) in [5.74, 6) is -4.09. The van der Waals surface area contributed by atoms with Gasteiger partial charge in [-0.25, -0.2) is 9.18 Å². The third-order valence-electron chi connectivity index (χ3n) is 5.18. The van der Waals surface area contributed by atoms with Crippen LogP contribution in [0.25, 0.3) is 11.1 Å². The second kappa shape index (κ2) is 8.41. The predicted octanol–water partition coefficient (Wildman–Crippen LogP) is 4.52. The smallest absolute Gasteiger partial charge is 0.329 e. The molecule has 1 unspecified atom stereocenters. The molecule has 1 aliphatic rings. The van der Waals surface area contributed by atoms with Crippen LogP contribution in [-0.2, 0) is 22.5 Å². The van der Waals surface area contributed by atoms with Crippen LogP contribution in [0.4, 0.5) is 17.6 Å². The highest BCUT2D eigenvalue weighted by atomic mass is 19.4. The minimum atomic E-state index is -5.28. The van der Waals surface area contributed by atoms with Gasteiger partial charge in [-0.05, 0) is 59.9 Å². The topological polar surface area (TPSA) is 59.5 Å². The zero-order valence-corrected chi connectivity index (χ0v) is 16.5. The van der Waals surface area contributed by atoms with E-state index in [-0.39, 0.29) is 18.4 Å². The quantitative estimate of drug-likeness (QED) is 0.440. The zero-order valence-electron chi connectivity index (χ0n) is 16.5. The van der Waals surface area contributed by atoms with E-state index in [4.69, 9.17) is 0 Å². The summed E-state index contributed by atoms with van der Waals surface area (Å²) in [6.07, 6.45) is -1.66. The molecular formula is C23H16F4N2O3. The highest BCUT2D eigenvalue weighted by molar-refractivity contribution is 5.94. The molecule has 9 heteroatoms. The SMILES string of the molecule is O=C(c1ccc(F)cc1)N(OC(=O)C(F)(F)F)C1Cc2cccc(-c3cccnc3)c2C1. The summed E-state index contributed by atoms with van der Waals surface area (Å²) in [4.78, 5) is 33.2. The first-order valence-corrected chi connectivity index (χ1v) is 9.63. The first-order valence-electron chi connectivity index (χ1n) is 9.63. The zero-order chi connectivity index (χ0) is 22.9. The lowest BCUT2D eigenvalue weighted by molar-refractivity contribution is -0.233. The van der Waals surface area contributed by atoms with Crippen molar-refractivity contribution in [2.24, 2.45) is 0 Å². The Morgan fingerprint density at radius 3 is 2.41 bits per heavy atom. The maximum absolute atomic E-state index is 13.2. The van der Waals surface area contributed by atoms with Gasteiger partial charge in [-0.3, -0.25) is 9.78 Å². The number of benzene rings is 2. The van der Waals surface area contributed by atoms with E-state index < -0.39 is 29.9 Å². The molecule has 3 aromatic rings. The standard InChI is InChI=1S/C23H16F4N2O3/c24-17-8-6-14(7-9-17)21(30)29(32-22(31)23(25,26)27)18-11-15-3-1-5-19(20(15)12-18)16-4-2-10-28-13-16/h1-10,13,18H,11-12H2. The maximum atomic E-state index is 13.2. The van der Waals surface area contributed by atoms with Crippen molar-refractivity contribution in [3.63, 3.8) is 0 Å². The van der Waals surface area contributed by atoms with E-state index in [9.17, 15) is 27.2 Å². The normalized spacial score (nSPS) is 15.2. The molecule has 1 atom stereocenters. The van der Waals surface area contributed by atoms with E-state index in [1.54, 1.807) is 30.6 Å². The van der Waals surface area contributed by atoms with E-state index in [0.29, 0.717) is 5.06 Å². The second-order valence-corrected chi connectivity index (χ2v) is 7.26. The number of hydroxylamine groups is 2. The maximum Gasteiger partial charge on any atom is 0.493 e. The molecular weight excluding hydrogens is 428 g/mol. The van der Waals surface area contributed by atoms with Gasteiger partial charge in [-0.15, -0.1) is 0 Å². The molecule has 5 nitrogen and oxygen atoms in total. The van der Waals surface area contributed by atoms with E-state index in [1.807, 2.05) is 12.1 Å². The van der Waals surface area contributed by atoms with Crippen molar-refractivity contribution >= 4 is 11.9 Å². The van der Waals surface area contributed by atoms with Crippen molar-refractivity contribution in [3.8, 4) is 11.1 Å².